The molecule has 3 heterocycles. The van der Waals surface area contributed by atoms with E-state index in [1.54, 1.807) is 45.9 Å². The zero-order valence-corrected chi connectivity index (χ0v) is 30.4. The second-order valence-corrected chi connectivity index (χ2v) is 14.5. The molecule has 2 N–H and O–H groups in total. The molecule has 2 atom stereocenters. The molecule has 1 fully saturated rings. The number of ether oxygens (including phenoxy) is 2. The van der Waals surface area contributed by atoms with Gasteiger partial charge in [-0.15, -0.1) is 0 Å². The lowest BCUT2D eigenvalue weighted by molar-refractivity contribution is -0.164. The molecule has 4 rings (SSSR count). The van der Waals surface area contributed by atoms with Crippen LogP contribution in [0, 0.1) is 11.2 Å². The van der Waals surface area contributed by atoms with Crippen molar-refractivity contribution in [2.75, 3.05) is 26.2 Å². The van der Waals surface area contributed by atoms with Crippen molar-refractivity contribution in [3.05, 3.63) is 65.2 Å². The van der Waals surface area contributed by atoms with E-state index in [2.05, 4.69) is 20.7 Å². The van der Waals surface area contributed by atoms with E-state index in [9.17, 15) is 41.5 Å². The third-order valence-corrected chi connectivity index (χ3v) is 8.60. The van der Waals surface area contributed by atoms with Crippen molar-refractivity contribution in [2.45, 2.75) is 90.6 Å². The van der Waals surface area contributed by atoms with Crippen LogP contribution < -0.4 is 10.6 Å². The van der Waals surface area contributed by atoms with Gasteiger partial charge in [-0.2, -0.15) is 18.3 Å². The summed E-state index contributed by atoms with van der Waals surface area (Å²) in [5.74, 6) is -4.08. The molecule has 2 aromatic rings. The number of alkyl carbamates (subject to hydrolysis) is 1. The molecule has 1 aromatic carbocycles. The Bertz CT molecular complexity index is 1750. The normalized spacial score (nSPS) is 18.2. The molecule has 288 valence electrons. The van der Waals surface area contributed by atoms with Crippen LogP contribution in [0.15, 0.2) is 47.7 Å². The van der Waals surface area contributed by atoms with Crippen LogP contribution in [0.3, 0.4) is 0 Å². The summed E-state index contributed by atoms with van der Waals surface area (Å²) in [6.07, 6.45) is -4.41. The number of fused-ring (bicyclic) bond motifs is 1. The molecular formula is C36H44F4N6O7. The number of carbonyl (C=O) groups excluding carboxylic acids is 5. The minimum Gasteiger partial charge on any atom is -0.462 e. The highest BCUT2D eigenvalue weighted by molar-refractivity contribution is 6.14. The number of hydrogen-bond donors (Lipinski definition) is 2. The maximum absolute atomic E-state index is 14.9. The van der Waals surface area contributed by atoms with Crippen molar-refractivity contribution >= 4 is 35.5 Å². The lowest BCUT2D eigenvalue weighted by Crippen LogP contribution is -2.62. The van der Waals surface area contributed by atoms with Gasteiger partial charge < -0.3 is 25.0 Å². The second-order valence-electron chi connectivity index (χ2n) is 14.5. The van der Waals surface area contributed by atoms with Gasteiger partial charge in [-0.25, -0.2) is 19.0 Å². The van der Waals surface area contributed by atoms with Crippen LogP contribution in [0.4, 0.5) is 22.4 Å². The molecule has 2 aliphatic rings. The number of nitrogens with zero attached hydrogens (tertiary/aromatic N) is 4. The first-order valence-corrected chi connectivity index (χ1v) is 17.1. The summed E-state index contributed by atoms with van der Waals surface area (Å²) in [6.45, 7) is 7.34. The number of hydrazone groups is 1. The SMILES string of the molecule is CCOC(=O)c1ccc(CCC(NC(=O)C(C)(C)NC(=O)OC(C)(C)C)C(=O)N2CCC3=NN(CC(F)(F)F)C(=O)C3(Cc3ccccn3)C2)cc1F. The lowest BCUT2D eigenvalue weighted by Gasteiger charge is -2.41. The topological polar surface area (TPSA) is 160 Å². The Morgan fingerprint density at radius 3 is 2.38 bits per heavy atom. The number of esters is 1. The Labute approximate surface area is 304 Å². The molecule has 0 spiro atoms. The van der Waals surface area contributed by atoms with Crippen LogP contribution in [0.1, 0.15) is 76.0 Å². The van der Waals surface area contributed by atoms with E-state index in [-0.39, 0.29) is 56.7 Å². The van der Waals surface area contributed by atoms with Gasteiger partial charge in [-0.05, 0) is 84.2 Å². The fraction of sp³-hybridized carbons (Fsp3) is 0.528. The molecule has 1 saturated heterocycles. The van der Waals surface area contributed by atoms with E-state index >= 15 is 0 Å². The molecule has 17 heteroatoms. The van der Waals surface area contributed by atoms with E-state index < -0.39 is 70.9 Å². The van der Waals surface area contributed by atoms with E-state index in [0.29, 0.717) is 16.3 Å². The Hall–Kier alpha value is -5.09. The highest BCUT2D eigenvalue weighted by Crippen LogP contribution is 2.39. The van der Waals surface area contributed by atoms with Gasteiger partial charge in [-0.1, -0.05) is 12.1 Å². The molecule has 0 radical (unpaired) electrons. The van der Waals surface area contributed by atoms with Gasteiger partial charge in [0.15, 0.2) is 0 Å². The van der Waals surface area contributed by atoms with Crippen molar-refractivity contribution in [2.24, 2.45) is 10.5 Å². The number of hydrogen-bond acceptors (Lipinski definition) is 9. The Morgan fingerprint density at radius 1 is 1.06 bits per heavy atom. The zero-order valence-electron chi connectivity index (χ0n) is 30.4. The smallest absolute Gasteiger partial charge is 0.408 e. The Balaban J connectivity index is 1.64. The van der Waals surface area contributed by atoms with Crippen LogP contribution in [-0.4, -0.2) is 100.0 Å². The van der Waals surface area contributed by atoms with E-state index in [1.165, 1.54) is 37.1 Å². The summed E-state index contributed by atoms with van der Waals surface area (Å²) in [5.41, 5.74) is -3.46. The van der Waals surface area contributed by atoms with Gasteiger partial charge >= 0.3 is 18.2 Å². The number of halogens is 4. The number of piperidine rings is 1. The molecular weight excluding hydrogens is 704 g/mol. The number of amides is 4. The average Bonchev–Trinajstić information content (AvgIpc) is 3.30. The molecule has 0 saturated carbocycles. The maximum atomic E-state index is 14.9. The monoisotopic (exact) mass is 748 g/mol. The summed E-state index contributed by atoms with van der Waals surface area (Å²) in [7, 11) is 0. The number of carbonyl (C=O) groups is 5. The predicted molar refractivity (Wildman–Crippen MR) is 183 cm³/mol. The van der Waals surface area contributed by atoms with Crippen LogP contribution in [0.2, 0.25) is 0 Å². The molecule has 0 bridgehead atoms. The summed E-state index contributed by atoms with van der Waals surface area (Å²) < 4.78 is 65.5. The largest absolute Gasteiger partial charge is 0.462 e. The van der Waals surface area contributed by atoms with E-state index in [1.807, 2.05) is 0 Å². The maximum Gasteiger partial charge on any atom is 0.408 e. The second kappa shape index (κ2) is 15.9. The number of nitrogens with one attached hydrogen (secondary N) is 2. The van der Waals surface area contributed by atoms with Crippen LogP contribution in [0.25, 0.3) is 0 Å². The van der Waals surface area contributed by atoms with Gasteiger partial charge in [0.25, 0.3) is 5.91 Å². The Morgan fingerprint density at radius 2 is 1.77 bits per heavy atom. The molecule has 0 aliphatic carbocycles. The van der Waals surface area contributed by atoms with Crippen molar-refractivity contribution in [1.29, 1.82) is 0 Å². The van der Waals surface area contributed by atoms with Gasteiger partial charge in [-0.3, -0.25) is 19.4 Å². The molecule has 2 unspecified atom stereocenters. The van der Waals surface area contributed by atoms with Gasteiger partial charge in [0.1, 0.15) is 35.0 Å². The fourth-order valence-corrected chi connectivity index (χ4v) is 6.09. The summed E-state index contributed by atoms with van der Waals surface area (Å²) >= 11 is 0. The number of pyridine rings is 1. The third kappa shape index (κ3) is 10.3. The first kappa shape index (κ1) is 40.7. The minimum atomic E-state index is -4.74. The molecule has 13 nitrogen and oxygen atoms in total. The zero-order chi connectivity index (χ0) is 39.4. The van der Waals surface area contributed by atoms with Gasteiger partial charge in [0.2, 0.25) is 11.8 Å². The number of likely N-dealkylation sites (tertiary alicyclic amines) is 1. The molecule has 1 aromatic heterocycles. The number of aromatic nitrogens is 1. The number of benzene rings is 1. The minimum absolute atomic E-state index is 0.0224. The number of aryl methyl sites for hydroxylation is 1. The molecule has 2 aliphatic heterocycles. The molecule has 4 amide bonds. The third-order valence-electron chi connectivity index (χ3n) is 8.60. The summed E-state index contributed by atoms with van der Waals surface area (Å²) in [5, 5.41) is 9.59. The lowest BCUT2D eigenvalue weighted by atomic mass is 9.74. The number of alkyl halides is 3. The quantitative estimate of drug-likeness (QED) is 0.240. The van der Waals surface area contributed by atoms with Crippen molar-refractivity contribution in [3.63, 3.8) is 0 Å². The Kier molecular flexibility index (Phi) is 12.2. The van der Waals surface area contributed by atoms with Crippen molar-refractivity contribution in [3.8, 4) is 0 Å². The highest BCUT2D eigenvalue weighted by atomic mass is 19.4. The standard InChI is InChI=1S/C36H44F4N6O7/c1-7-52-29(48)24-13-11-22(18-25(24)37)12-14-26(42-30(49)34(5,6)43-32(51)53-33(2,3)4)28(47)45-17-15-27-35(20-45,19-23-10-8-9-16-41-23)31(50)46(44-27)21-36(38,39)40/h8-11,13,16,18,26H,7,12,14-15,17,19-21H2,1-6H3,(H,42,49)(H,43,51). The fourth-order valence-electron chi connectivity index (χ4n) is 6.09. The molecule has 53 heavy (non-hydrogen) atoms. The van der Waals surface area contributed by atoms with Crippen LogP contribution >= 0.6 is 0 Å². The van der Waals surface area contributed by atoms with Crippen molar-refractivity contribution < 1.29 is 51.0 Å². The highest BCUT2D eigenvalue weighted by Gasteiger charge is 2.56. The summed E-state index contributed by atoms with van der Waals surface area (Å²) in [6, 6.07) is 7.44. The van der Waals surface area contributed by atoms with Gasteiger partial charge in [0, 0.05) is 37.8 Å². The van der Waals surface area contributed by atoms with Gasteiger partial charge in [0.05, 0.1) is 17.9 Å². The number of rotatable bonds is 12. The first-order chi connectivity index (χ1) is 24.6. The van der Waals surface area contributed by atoms with E-state index in [4.69, 9.17) is 9.47 Å². The van der Waals surface area contributed by atoms with Crippen LogP contribution in [-0.2, 0) is 36.7 Å². The average molecular weight is 749 g/mol. The summed E-state index contributed by atoms with van der Waals surface area (Å²) in [4.78, 5) is 72.1. The predicted octanol–water partition coefficient (Wildman–Crippen LogP) is 4.34. The van der Waals surface area contributed by atoms with Crippen LogP contribution in [0.5, 0.6) is 0 Å². The first-order valence-electron chi connectivity index (χ1n) is 17.1. The van der Waals surface area contributed by atoms with Crippen molar-refractivity contribution in [1.82, 2.24) is 25.5 Å². The van der Waals surface area contributed by atoms with E-state index in [0.717, 1.165) is 6.07 Å².